The number of fused-ring (bicyclic) bond motifs is 2. The number of aliphatic hydroxyl groups is 1. The summed E-state index contributed by atoms with van der Waals surface area (Å²) in [7, 11) is 3.73. The normalized spacial score (nSPS) is 21.3. The second kappa shape index (κ2) is 10.9. The molecule has 2 aliphatic rings. The number of hydrogen-bond acceptors (Lipinski definition) is 7. The van der Waals surface area contributed by atoms with E-state index in [-0.39, 0.29) is 18.6 Å². The Morgan fingerprint density at radius 2 is 2.10 bits per heavy atom. The van der Waals surface area contributed by atoms with Crippen molar-refractivity contribution in [1.82, 2.24) is 29.2 Å². The Hall–Kier alpha value is -3.73. The number of benzene rings is 1. The summed E-state index contributed by atoms with van der Waals surface area (Å²) in [4.78, 5) is 26.7. The summed E-state index contributed by atoms with van der Waals surface area (Å²) in [6.45, 7) is 7.14. The number of likely N-dealkylation sites (N-methyl/N-ethyl adjacent to an activating group) is 1. The number of imidazole rings is 2. The van der Waals surface area contributed by atoms with Crippen molar-refractivity contribution in [3.8, 4) is 0 Å². The van der Waals surface area contributed by atoms with Crippen LogP contribution in [0.3, 0.4) is 0 Å². The van der Waals surface area contributed by atoms with E-state index in [9.17, 15) is 9.90 Å². The minimum atomic E-state index is -0.672. The smallest absolute Gasteiger partial charge is 0.274 e. The maximum atomic E-state index is 13.7. The highest BCUT2D eigenvalue weighted by Gasteiger charge is 2.45. The van der Waals surface area contributed by atoms with Crippen molar-refractivity contribution in [3.63, 3.8) is 0 Å². The Kier molecular flexibility index (Phi) is 7.31. The molecule has 3 atom stereocenters. The first-order valence-corrected chi connectivity index (χ1v) is 14.3. The quantitative estimate of drug-likeness (QED) is 0.360. The minimum absolute atomic E-state index is 0.166. The summed E-state index contributed by atoms with van der Waals surface area (Å²) >= 11 is 0. The molecule has 1 aromatic carbocycles. The van der Waals surface area contributed by atoms with Gasteiger partial charge in [0.25, 0.3) is 5.91 Å². The van der Waals surface area contributed by atoms with Crippen LogP contribution < -0.4 is 10.2 Å². The fourth-order valence-corrected chi connectivity index (χ4v) is 6.18. The van der Waals surface area contributed by atoms with Crippen LogP contribution in [0, 0.1) is 6.92 Å². The largest absolute Gasteiger partial charge is 0.389 e. The highest BCUT2D eigenvalue weighted by molar-refractivity contribution is 5.93. The highest BCUT2D eigenvalue weighted by atomic mass is 16.5. The van der Waals surface area contributed by atoms with E-state index in [1.165, 1.54) is 11.1 Å². The molecule has 2 N–H and O–H groups in total. The molecule has 0 unspecified atom stereocenters. The Labute approximate surface area is 240 Å². The molecule has 1 amide bonds. The van der Waals surface area contributed by atoms with Gasteiger partial charge >= 0.3 is 0 Å². The summed E-state index contributed by atoms with van der Waals surface area (Å²) < 4.78 is 9.73. The lowest BCUT2D eigenvalue weighted by atomic mass is 9.76. The number of carbonyl (C=O) groups excluding carboxylic acids is 1. The van der Waals surface area contributed by atoms with Gasteiger partial charge in [-0.15, -0.1) is 0 Å². The molecular formula is C31H39N7O3. The number of likely N-dealkylation sites (tertiary alicyclic amines) is 1. The molecule has 10 nitrogen and oxygen atoms in total. The van der Waals surface area contributed by atoms with Gasteiger partial charge in [-0.25, -0.2) is 9.97 Å². The van der Waals surface area contributed by atoms with Crippen LogP contribution >= 0.6 is 0 Å². The summed E-state index contributed by atoms with van der Waals surface area (Å²) in [5, 5.41) is 14.9. The van der Waals surface area contributed by atoms with E-state index < -0.39 is 11.6 Å². The molecule has 1 spiro atoms. The number of anilines is 1. The zero-order valence-corrected chi connectivity index (χ0v) is 24.2. The third-order valence-corrected chi connectivity index (χ3v) is 9.02. The molecule has 5 heterocycles. The number of ether oxygens (including phenoxy) is 1. The zero-order valence-electron chi connectivity index (χ0n) is 24.2. The van der Waals surface area contributed by atoms with Crippen molar-refractivity contribution in [2.45, 2.75) is 57.5 Å². The molecule has 0 aliphatic carbocycles. The van der Waals surface area contributed by atoms with Crippen LogP contribution in [-0.4, -0.2) is 80.3 Å². The molecule has 1 saturated heterocycles. The molecule has 41 heavy (non-hydrogen) atoms. The van der Waals surface area contributed by atoms with Gasteiger partial charge < -0.3 is 33.9 Å². The maximum absolute atomic E-state index is 13.7. The molecular weight excluding hydrogens is 518 g/mol. The van der Waals surface area contributed by atoms with Gasteiger partial charge in [0.2, 0.25) is 0 Å². The predicted octanol–water partition coefficient (Wildman–Crippen LogP) is 2.97. The summed E-state index contributed by atoms with van der Waals surface area (Å²) in [5.41, 5.74) is 5.11. The number of hydrogen-bond donors (Lipinski definition) is 2. The van der Waals surface area contributed by atoms with Gasteiger partial charge in [-0.2, -0.15) is 0 Å². The van der Waals surface area contributed by atoms with E-state index in [1.807, 2.05) is 42.9 Å². The molecule has 216 valence electrons. The molecule has 0 bridgehead atoms. The first-order chi connectivity index (χ1) is 19.8. The van der Waals surface area contributed by atoms with Gasteiger partial charge in [0.05, 0.1) is 23.4 Å². The standard InChI is InChI=1S/C31H39N7O3/c1-21(41-4)26-15-25(35(3)13-14-36-12-10-32-22(36)2)18-38-19-27(34-29(26)38)30(40)37-11-9-31(28(39)20-37)16-23-7-5-6-8-24(23)17-33-31/h5-8,10,12,15,18-19,21,28,33,39H,9,11,13-14,16-17,20H2,1-4H3/t21-,28-,31+/m1/s1. The van der Waals surface area contributed by atoms with Crippen LogP contribution in [-0.2, 0) is 24.2 Å². The van der Waals surface area contributed by atoms with Crippen molar-refractivity contribution >= 4 is 17.2 Å². The van der Waals surface area contributed by atoms with Crippen LogP contribution in [0.4, 0.5) is 5.69 Å². The third-order valence-electron chi connectivity index (χ3n) is 9.02. The van der Waals surface area contributed by atoms with E-state index in [0.717, 1.165) is 43.1 Å². The number of pyridine rings is 1. The molecule has 10 heteroatoms. The number of aromatic nitrogens is 4. The Bertz CT molecular complexity index is 1560. The van der Waals surface area contributed by atoms with E-state index in [2.05, 4.69) is 51.1 Å². The number of amides is 1. The van der Waals surface area contributed by atoms with E-state index in [0.29, 0.717) is 24.3 Å². The Balaban J connectivity index is 1.22. The molecule has 0 radical (unpaired) electrons. The zero-order chi connectivity index (χ0) is 28.7. The van der Waals surface area contributed by atoms with Gasteiger partial charge in [0.1, 0.15) is 17.2 Å². The van der Waals surface area contributed by atoms with Gasteiger partial charge in [0, 0.05) is 77.2 Å². The number of aryl methyl sites for hydroxylation is 1. The molecule has 6 rings (SSSR count). The molecule has 3 aromatic heterocycles. The van der Waals surface area contributed by atoms with E-state index in [4.69, 9.17) is 9.72 Å². The lowest BCUT2D eigenvalue weighted by Crippen LogP contribution is -2.65. The fourth-order valence-electron chi connectivity index (χ4n) is 6.18. The summed E-state index contributed by atoms with van der Waals surface area (Å²) in [6, 6.07) is 10.5. The minimum Gasteiger partial charge on any atom is -0.389 e. The monoisotopic (exact) mass is 557 g/mol. The number of piperidine rings is 1. The van der Waals surface area contributed by atoms with Crippen LogP contribution in [0.1, 0.15) is 52.5 Å². The average Bonchev–Trinajstić information content (AvgIpc) is 3.61. The van der Waals surface area contributed by atoms with Crippen molar-refractivity contribution in [2.24, 2.45) is 0 Å². The van der Waals surface area contributed by atoms with Gasteiger partial charge in [-0.3, -0.25) is 4.79 Å². The topological polar surface area (TPSA) is 100 Å². The Morgan fingerprint density at radius 1 is 1.29 bits per heavy atom. The van der Waals surface area contributed by atoms with Crippen LogP contribution in [0.15, 0.2) is 55.1 Å². The van der Waals surface area contributed by atoms with Gasteiger partial charge in [0.15, 0.2) is 0 Å². The number of carbonyl (C=O) groups is 1. The fraction of sp³-hybridized carbons (Fsp3) is 0.452. The van der Waals surface area contributed by atoms with Gasteiger partial charge in [-0.1, -0.05) is 24.3 Å². The van der Waals surface area contributed by atoms with Crippen molar-refractivity contribution in [3.05, 3.63) is 83.3 Å². The first kappa shape index (κ1) is 27.4. The lowest BCUT2D eigenvalue weighted by molar-refractivity contribution is -0.0140. The molecule has 1 fully saturated rings. The maximum Gasteiger partial charge on any atom is 0.274 e. The van der Waals surface area contributed by atoms with Crippen LogP contribution in [0.5, 0.6) is 0 Å². The third kappa shape index (κ3) is 5.11. The number of β-amino-alcohol motifs (C(OH)–C–C–N with tert-alkyl or cyclic N) is 1. The number of aliphatic hydroxyl groups excluding tert-OH is 1. The van der Waals surface area contributed by atoms with Crippen molar-refractivity contribution < 1.29 is 14.6 Å². The second-order valence-corrected chi connectivity index (χ2v) is 11.5. The SMILES string of the molecule is CO[C@H](C)c1cc(N(C)CCn2ccnc2C)cn2cc(C(=O)N3CC[C@]4(Cc5ccccc5CN4)[C@H](O)C3)nc12. The number of nitrogens with zero attached hydrogens (tertiary/aromatic N) is 6. The molecule has 0 saturated carbocycles. The molecule has 4 aromatic rings. The Morgan fingerprint density at radius 3 is 2.83 bits per heavy atom. The number of nitrogens with one attached hydrogen (secondary N) is 1. The van der Waals surface area contributed by atoms with Gasteiger partial charge in [-0.05, 0) is 43.9 Å². The van der Waals surface area contributed by atoms with E-state index >= 15 is 0 Å². The number of rotatable bonds is 7. The lowest BCUT2D eigenvalue weighted by Gasteiger charge is -2.48. The summed E-state index contributed by atoms with van der Waals surface area (Å²) in [5.74, 6) is 0.818. The average molecular weight is 558 g/mol. The predicted molar refractivity (Wildman–Crippen MR) is 157 cm³/mol. The first-order valence-electron chi connectivity index (χ1n) is 14.3. The molecule has 2 aliphatic heterocycles. The van der Waals surface area contributed by atoms with Crippen LogP contribution in [0.25, 0.3) is 5.65 Å². The highest BCUT2D eigenvalue weighted by Crippen LogP contribution is 2.33. The van der Waals surface area contributed by atoms with Crippen LogP contribution in [0.2, 0.25) is 0 Å². The van der Waals surface area contributed by atoms with E-state index in [1.54, 1.807) is 18.2 Å². The van der Waals surface area contributed by atoms with Crippen molar-refractivity contribution in [2.75, 3.05) is 38.7 Å². The number of methoxy groups -OCH3 is 1. The summed E-state index contributed by atoms with van der Waals surface area (Å²) in [6.07, 6.45) is 8.17. The van der Waals surface area contributed by atoms with Crippen molar-refractivity contribution in [1.29, 1.82) is 0 Å². The second-order valence-electron chi connectivity index (χ2n) is 11.5.